The fraction of sp³-hybridized carbons (Fsp3) is 0.133. The number of imide groups is 1. The van der Waals surface area contributed by atoms with Crippen molar-refractivity contribution in [3.05, 3.63) is 54.8 Å². The van der Waals surface area contributed by atoms with Gasteiger partial charge < -0.3 is 0 Å². The molecule has 0 unspecified atom stereocenters. The third-order valence-electron chi connectivity index (χ3n) is 3.15. The van der Waals surface area contributed by atoms with Gasteiger partial charge in [0.2, 0.25) is 0 Å². The van der Waals surface area contributed by atoms with Gasteiger partial charge in [0.15, 0.2) is 9.84 Å². The number of hydrogen-bond acceptors (Lipinski definition) is 5. The molecular formula is C15H14N2O4S. The van der Waals surface area contributed by atoms with Crippen LogP contribution in [0.2, 0.25) is 0 Å². The maximum Gasteiger partial charge on any atom is 0.280 e. The summed E-state index contributed by atoms with van der Waals surface area (Å²) in [5.74, 6) is -1.06. The van der Waals surface area contributed by atoms with E-state index in [1.54, 1.807) is 12.1 Å². The molecule has 0 N–H and O–H groups in total. The second-order valence-corrected chi connectivity index (χ2v) is 6.77. The van der Waals surface area contributed by atoms with E-state index in [-0.39, 0.29) is 22.7 Å². The van der Waals surface area contributed by atoms with Gasteiger partial charge in [-0.05, 0) is 17.7 Å². The Labute approximate surface area is 128 Å². The van der Waals surface area contributed by atoms with Crippen molar-refractivity contribution in [1.29, 1.82) is 0 Å². The molecule has 6 nitrogen and oxygen atoms in total. The molecule has 0 bridgehead atoms. The van der Waals surface area contributed by atoms with E-state index in [4.69, 9.17) is 0 Å². The van der Waals surface area contributed by atoms with E-state index in [1.807, 2.05) is 0 Å². The summed E-state index contributed by atoms with van der Waals surface area (Å²) < 4.78 is 22.8. The van der Waals surface area contributed by atoms with E-state index in [2.05, 4.69) is 18.2 Å². The zero-order valence-electron chi connectivity index (χ0n) is 11.9. The number of hydrogen-bond donors (Lipinski definition) is 0. The van der Waals surface area contributed by atoms with Crippen molar-refractivity contribution in [1.82, 2.24) is 4.90 Å². The maximum atomic E-state index is 12.1. The number of nitrogens with zero attached hydrogens (tertiary/aromatic N) is 2. The van der Waals surface area contributed by atoms with Gasteiger partial charge in [-0.25, -0.2) is 8.42 Å². The Bertz CT molecular complexity index is 804. The van der Waals surface area contributed by atoms with Crippen molar-refractivity contribution < 1.29 is 18.0 Å². The van der Waals surface area contributed by atoms with Crippen molar-refractivity contribution in [2.45, 2.75) is 11.4 Å². The molecule has 7 heteroatoms. The predicted octanol–water partition coefficient (Wildman–Crippen LogP) is 1.10. The molecule has 1 aromatic rings. The molecule has 0 atom stereocenters. The molecule has 1 aliphatic rings. The summed E-state index contributed by atoms with van der Waals surface area (Å²) in [5, 5.41) is 0. The zero-order valence-corrected chi connectivity index (χ0v) is 12.8. The average Bonchev–Trinajstić information content (AvgIpc) is 2.65. The number of benzene rings is 1. The molecule has 1 fully saturated rings. The lowest BCUT2D eigenvalue weighted by Gasteiger charge is -2.13. The van der Waals surface area contributed by atoms with Gasteiger partial charge in [0.1, 0.15) is 5.71 Å². The Morgan fingerprint density at radius 1 is 1.18 bits per heavy atom. The van der Waals surface area contributed by atoms with Crippen LogP contribution in [0.5, 0.6) is 0 Å². The van der Waals surface area contributed by atoms with Crippen molar-refractivity contribution in [3.63, 3.8) is 0 Å². The Morgan fingerprint density at radius 3 is 2.27 bits per heavy atom. The highest BCUT2D eigenvalue weighted by atomic mass is 32.2. The number of carbonyl (C=O) groups excluding carboxylic acids is 2. The molecule has 2 amide bonds. The second kappa shape index (κ2) is 5.69. The molecule has 114 valence electrons. The third kappa shape index (κ3) is 2.89. The summed E-state index contributed by atoms with van der Waals surface area (Å²) in [7, 11) is -3.29. The summed E-state index contributed by atoms with van der Waals surface area (Å²) in [6.45, 7) is 6.97. The number of sulfone groups is 1. The molecule has 1 saturated heterocycles. The van der Waals surface area contributed by atoms with Crippen LogP contribution in [0.25, 0.3) is 0 Å². The van der Waals surface area contributed by atoms with Crippen LogP contribution in [-0.2, 0) is 26.0 Å². The summed E-state index contributed by atoms with van der Waals surface area (Å²) in [5.41, 5.74) is 0.632. The van der Waals surface area contributed by atoms with Crippen LogP contribution in [0.3, 0.4) is 0 Å². The summed E-state index contributed by atoms with van der Waals surface area (Å²) >= 11 is 0. The van der Waals surface area contributed by atoms with Crippen LogP contribution in [0.15, 0.2) is 59.1 Å². The molecule has 1 aliphatic heterocycles. The normalized spacial score (nSPS) is 17.4. The molecule has 0 aliphatic carbocycles. The fourth-order valence-corrected chi connectivity index (χ4v) is 2.64. The fourth-order valence-electron chi connectivity index (χ4n) is 2.01. The summed E-state index contributed by atoms with van der Waals surface area (Å²) in [4.78, 5) is 29.1. The van der Waals surface area contributed by atoms with Gasteiger partial charge in [-0.2, -0.15) is 0 Å². The van der Waals surface area contributed by atoms with Crippen LogP contribution >= 0.6 is 0 Å². The molecule has 0 spiro atoms. The van der Waals surface area contributed by atoms with Crippen molar-refractivity contribution in [3.8, 4) is 0 Å². The molecule has 1 heterocycles. The van der Waals surface area contributed by atoms with E-state index in [0.717, 1.165) is 11.2 Å². The quantitative estimate of drug-likeness (QED) is 0.615. The monoisotopic (exact) mass is 318 g/mol. The van der Waals surface area contributed by atoms with E-state index in [0.29, 0.717) is 5.56 Å². The van der Waals surface area contributed by atoms with Crippen molar-refractivity contribution in [2.24, 2.45) is 4.99 Å². The van der Waals surface area contributed by atoms with Crippen LogP contribution in [0, 0.1) is 0 Å². The first kappa shape index (κ1) is 15.8. The maximum absolute atomic E-state index is 12.1. The highest BCUT2D eigenvalue weighted by Crippen LogP contribution is 2.19. The van der Waals surface area contributed by atoms with Gasteiger partial charge >= 0.3 is 0 Å². The number of carbonyl (C=O) groups is 2. The van der Waals surface area contributed by atoms with Gasteiger partial charge in [-0.1, -0.05) is 25.3 Å². The standard InChI is InChI=1S/C15H14N2O4S/c1-4-16-13-10(2)14(18)17(15(13)19)9-11-5-7-12(8-6-11)22(3,20)21/h4-8H,1-2,9H2,3H3/b16-13+. The topological polar surface area (TPSA) is 83.9 Å². The number of aliphatic imine (C=N–C) groups is 1. The third-order valence-corrected chi connectivity index (χ3v) is 4.28. The zero-order chi connectivity index (χ0) is 16.5. The smallest absolute Gasteiger partial charge is 0.269 e. The molecular weight excluding hydrogens is 304 g/mol. The largest absolute Gasteiger partial charge is 0.280 e. The Balaban J connectivity index is 2.26. The van der Waals surface area contributed by atoms with Gasteiger partial charge in [0, 0.05) is 12.5 Å². The van der Waals surface area contributed by atoms with Crippen LogP contribution < -0.4 is 0 Å². The van der Waals surface area contributed by atoms with Crippen LogP contribution in [-0.4, -0.2) is 37.1 Å². The predicted molar refractivity (Wildman–Crippen MR) is 81.9 cm³/mol. The minimum absolute atomic E-state index is 0.0206. The first-order valence-electron chi connectivity index (χ1n) is 6.29. The second-order valence-electron chi connectivity index (χ2n) is 4.75. The van der Waals surface area contributed by atoms with Crippen molar-refractivity contribution in [2.75, 3.05) is 6.26 Å². The Hall–Kier alpha value is -2.54. The van der Waals surface area contributed by atoms with E-state index >= 15 is 0 Å². The highest BCUT2D eigenvalue weighted by Gasteiger charge is 2.38. The average molecular weight is 318 g/mol. The van der Waals surface area contributed by atoms with Gasteiger partial charge in [0.05, 0.1) is 17.0 Å². The minimum Gasteiger partial charge on any atom is -0.269 e. The molecule has 22 heavy (non-hydrogen) atoms. The SMILES string of the molecule is C=C/N=C1\C(=C)C(=O)N(Cc2ccc(S(C)(=O)=O)cc2)C1=O. The molecule has 0 saturated carbocycles. The number of rotatable bonds is 4. The lowest BCUT2D eigenvalue weighted by molar-refractivity contribution is -0.136. The van der Waals surface area contributed by atoms with Gasteiger partial charge in [0.25, 0.3) is 11.8 Å². The lowest BCUT2D eigenvalue weighted by atomic mass is 10.2. The molecule has 0 aromatic heterocycles. The molecule has 0 radical (unpaired) electrons. The van der Waals surface area contributed by atoms with E-state index in [1.165, 1.54) is 18.3 Å². The molecule has 1 aromatic carbocycles. The van der Waals surface area contributed by atoms with E-state index in [9.17, 15) is 18.0 Å². The Kier molecular flexibility index (Phi) is 4.09. The van der Waals surface area contributed by atoms with Crippen LogP contribution in [0.4, 0.5) is 0 Å². The lowest BCUT2D eigenvalue weighted by Crippen LogP contribution is -2.30. The summed E-state index contributed by atoms with van der Waals surface area (Å²) in [6.07, 6.45) is 2.29. The highest BCUT2D eigenvalue weighted by molar-refractivity contribution is 7.90. The summed E-state index contributed by atoms with van der Waals surface area (Å²) in [6, 6.07) is 5.98. The minimum atomic E-state index is -3.29. The first-order valence-corrected chi connectivity index (χ1v) is 8.18. The van der Waals surface area contributed by atoms with Gasteiger partial charge in [-0.15, -0.1) is 0 Å². The van der Waals surface area contributed by atoms with Gasteiger partial charge in [-0.3, -0.25) is 19.5 Å². The van der Waals surface area contributed by atoms with Crippen LogP contribution in [0.1, 0.15) is 5.56 Å². The van der Waals surface area contributed by atoms with Crippen molar-refractivity contribution >= 4 is 27.4 Å². The molecule has 2 rings (SSSR count). The van der Waals surface area contributed by atoms with E-state index < -0.39 is 21.7 Å². The number of likely N-dealkylation sites (tertiary alicyclic amines) is 1. The Morgan fingerprint density at radius 2 is 1.77 bits per heavy atom. The first-order chi connectivity index (χ1) is 10.3. The number of amides is 2.